The molecule has 0 aliphatic rings. The molecule has 1 atom stereocenters. The fraction of sp³-hybridized carbons (Fsp3) is 0.220. The molecule has 0 aromatic heterocycles. The van der Waals surface area contributed by atoms with Gasteiger partial charge in [0.05, 0.1) is 11.7 Å². The van der Waals surface area contributed by atoms with E-state index in [0.717, 1.165) is 38.9 Å². The number of carbonyl (C=O) groups is 2. The number of benzene rings is 5. The Balaban J connectivity index is 1.36. The van der Waals surface area contributed by atoms with Gasteiger partial charge in [-0.2, -0.15) is 8.42 Å². The third kappa shape index (κ3) is 9.69. The Morgan fingerprint density at radius 2 is 1.30 bits per heavy atom. The van der Waals surface area contributed by atoms with Crippen molar-refractivity contribution in [3.05, 3.63) is 148 Å². The van der Waals surface area contributed by atoms with Crippen molar-refractivity contribution in [3.8, 4) is 22.3 Å². The quantitative estimate of drug-likeness (QED) is 0.119. The molecule has 0 aliphatic heterocycles. The van der Waals surface area contributed by atoms with Gasteiger partial charge in [-0.15, -0.1) is 0 Å². The second kappa shape index (κ2) is 15.4. The molecule has 0 radical (unpaired) electrons. The molecule has 0 heterocycles. The lowest BCUT2D eigenvalue weighted by molar-refractivity contribution is -0.117. The number of amides is 2. The van der Waals surface area contributed by atoms with Crippen molar-refractivity contribution in [2.24, 2.45) is 0 Å². The molecule has 5 aromatic rings. The molecule has 0 saturated heterocycles. The smallest absolute Gasteiger partial charge is 0.266 e. The van der Waals surface area contributed by atoms with Gasteiger partial charge in [0.2, 0.25) is 5.91 Å². The van der Waals surface area contributed by atoms with E-state index in [1.165, 1.54) is 5.56 Å². The van der Waals surface area contributed by atoms with Crippen LogP contribution < -0.4 is 10.6 Å². The molecular weight excluding hydrogens is 668 g/mol. The highest BCUT2D eigenvalue weighted by atomic mass is 35.5. The third-order valence-electron chi connectivity index (χ3n) is 8.66. The second-order valence-electron chi connectivity index (χ2n) is 13.5. The molecule has 258 valence electrons. The zero-order chi connectivity index (χ0) is 36.1. The lowest BCUT2D eigenvalue weighted by atomic mass is 9.86. The van der Waals surface area contributed by atoms with Crippen LogP contribution >= 0.6 is 11.6 Å². The van der Waals surface area contributed by atoms with Crippen molar-refractivity contribution in [3.63, 3.8) is 0 Å². The van der Waals surface area contributed by atoms with Crippen LogP contribution in [0.1, 0.15) is 59.3 Å². The van der Waals surface area contributed by atoms with E-state index in [4.69, 9.17) is 16.2 Å². The van der Waals surface area contributed by atoms with E-state index in [1.807, 2.05) is 73.7 Å². The SMILES string of the molecule is Cc1cc(-c2ccc(NC(=O)[C@H](Cc3ccc(C(=O)NCCS(=O)(=O)O)cc3)c3ccc(-c4ccc(C(C)(C)C)cc4)cc3)cc2)ccc1Cl. The van der Waals surface area contributed by atoms with E-state index >= 15 is 0 Å². The minimum Gasteiger partial charge on any atom is -0.351 e. The fourth-order valence-corrected chi connectivity index (χ4v) is 6.13. The number of nitrogens with one attached hydrogen (secondary N) is 2. The van der Waals surface area contributed by atoms with Gasteiger partial charge in [-0.1, -0.05) is 111 Å². The van der Waals surface area contributed by atoms with E-state index in [1.54, 1.807) is 24.3 Å². The fourth-order valence-electron chi connectivity index (χ4n) is 5.66. The summed E-state index contributed by atoms with van der Waals surface area (Å²) in [5.41, 5.74) is 9.17. The van der Waals surface area contributed by atoms with Gasteiger partial charge < -0.3 is 10.6 Å². The largest absolute Gasteiger partial charge is 0.351 e. The first-order valence-corrected chi connectivity index (χ1v) is 18.4. The number of rotatable bonds is 11. The Labute approximate surface area is 299 Å². The summed E-state index contributed by atoms with van der Waals surface area (Å²) in [7, 11) is -4.18. The zero-order valence-corrected chi connectivity index (χ0v) is 30.1. The molecule has 0 bridgehead atoms. The van der Waals surface area contributed by atoms with E-state index < -0.39 is 27.7 Å². The highest BCUT2D eigenvalue weighted by Gasteiger charge is 2.22. The van der Waals surface area contributed by atoms with Gasteiger partial charge in [-0.3, -0.25) is 14.1 Å². The van der Waals surface area contributed by atoms with Crippen LogP contribution in [0.15, 0.2) is 115 Å². The number of hydrogen-bond acceptors (Lipinski definition) is 4. The summed E-state index contributed by atoms with van der Waals surface area (Å²) in [5, 5.41) is 6.30. The minimum absolute atomic E-state index is 0.0588. The maximum atomic E-state index is 14.0. The Hall–Kier alpha value is -4.76. The van der Waals surface area contributed by atoms with Crippen LogP contribution in [0.25, 0.3) is 22.3 Å². The van der Waals surface area contributed by atoms with Crippen LogP contribution in [0, 0.1) is 6.92 Å². The summed E-state index contributed by atoms with van der Waals surface area (Å²) in [6.45, 7) is 8.32. The van der Waals surface area contributed by atoms with Gasteiger partial charge in [-0.25, -0.2) is 0 Å². The van der Waals surface area contributed by atoms with E-state index in [9.17, 15) is 18.0 Å². The molecule has 50 heavy (non-hydrogen) atoms. The molecule has 9 heteroatoms. The van der Waals surface area contributed by atoms with Gasteiger partial charge in [0, 0.05) is 22.8 Å². The van der Waals surface area contributed by atoms with Gasteiger partial charge >= 0.3 is 0 Å². The molecule has 2 amide bonds. The van der Waals surface area contributed by atoms with Crippen LogP contribution in [0.3, 0.4) is 0 Å². The van der Waals surface area contributed by atoms with Crippen molar-refractivity contribution in [2.45, 2.75) is 45.4 Å². The highest BCUT2D eigenvalue weighted by Crippen LogP contribution is 2.30. The Bertz CT molecular complexity index is 2070. The van der Waals surface area contributed by atoms with Crippen molar-refractivity contribution >= 4 is 39.2 Å². The van der Waals surface area contributed by atoms with Crippen LogP contribution in [0.5, 0.6) is 0 Å². The first-order valence-electron chi connectivity index (χ1n) is 16.4. The molecular formula is C41H41ClN2O5S. The van der Waals surface area contributed by atoms with E-state index in [2.05, 4.69) is 55.7 Å². The molecule has 5 rings (SSSR count). The lowest BCUT2D eigenvalue weighted by Crippen LogP contribution is -2.28. The van der Waals surface area contributed by atoms with Gasteiger partial charge in [0.15, 0.2) is 0 Å². The highest BCUT2D eigenvalue weighted by molar-refractivity contribution is 7.85. The van der Waals surface area contributed by atoms with Crippen molar-refractivity contribution in [1.29, 1.82) is 0 Å². The third-order valence-corrected chi connectivity index (χ3v) is 9.80. The van der Waals surface area contributed by atoms with Crippen LogP contribution in [-0.4, -0.2) is 37.1 Å². The topological polar surface area (TPSA) is 113 Å². The monoisotopic (exact) mass is 708 g/mol. The number of carbonyl (C=O) groups excluding carboxylic acids is 2. The first-order chi connectivity index (χ1) is 23.7. The van der Waals surface area contributed by atoms with Crippen molar-refractivity contribution in [2.75, 3.05) is 17.6 Å². The molecule has 3 N–H and O–H groups in total. The predicted octanol–water partition coefficient (Wildman–Crippen LogP) is 8.86. The summed E-state index contributed by atoms with van der Waals surface area (Å²) in [6, 6.07) is 37.0. The zero-order valence-electron chi connectivity index (χ0n) is 28.5. The Morgan fingerprint density at radius 3 is 1.86 bits per heavy atom. The molecule has 5 aromatic carbocycles. The number of anilines is 1. The molecule has 0 aliphatic carbocycles. The Morgan fingerprint density at radius 1 is 0.760 bits per heavy atom. The van der Waals surface area contributed by atoms with Gasteiger partial charge in [0.1, 0.15) is 0 Å². The van der Waals surface area contributed by atoms with Crippen molar-refractivity contribution in [1.82, 2.24) is 5.32 Å². The molecule has 0 fully saturated rings. The molecule has 7 nitrogen and oxygen atoms in total. The predicted molar refractivity (Wildman–Crippen MR) is 202 cm³/mol. The summed E-state index contributed by atoms with van der Waals surface area (Å²) in [6.07, 6.45) is 0.373. The van der Waals surface area contributed by atoms with Crippen molar-refractivity contribution < 1.29 is 22.6 Å². The summed E-state index contributed by atoms with van der Waals surface area (Å²) in [5.74, 6) is -1.74. The summed E-state index contributed by atoms with van der Waals surface area (Å²) < 4.78 is 30.9. The maximum absolute atomic E-state index is 14.0. The number of aryl methyl sites for hydroxylation is 1. The summed E-state index contributed by atoms with van der Waals surface area (Å²) >= 11 is 6.21. The maximum Gasteiger partial charge on any atom is 0.266 e. The molecule has 0 spiro atoms. The number of hydrogen-bond donors (Lipinski definition) is 3. The van der Waals surface area contributed by atoms with Crippen LogP contribution in [-0.2, 0) is 26.7 Å². The Kier molecular flexibility index (Phi) is 11.3. The minimum atomic E-state index is -4.18. The first kappa shape index (κ1) is 36.5. The average Bonchev–Trinajstić information content (AvgIpc) is 3.08. The molecule has 0 unspecified atom stereocenters. The average molecular weight is 709 g/mol. The normalized spacial score (nSPS) is 12.3. The van der Waals surface area contributed by atoms with E-state index in [-0.39, 0.29) is 17.9 Å². The summed E-state index contributed by atoms with van der Waals surface area (Å²) in [4.78, 5) is 26.5. The number of halogens is 1. The van der Waals surface area contributed by atoms with E-state index in [0.29, 0.717) is 22.7 Å². The van der Waals surface area contributed by atoms with Gasteiger partial charge in [0.25, 0.3) is 16.0 Å². The van der Waals surface area contributed by atoms with Crippen LogP contribution in [0.4, 0.5) is 5.69 Å². The lowest BCUT2D eigenvalue weighted by Gasteiger charge is -2.20. The standard InChI is InChI=1S/C41H41ClN2O5S/c1-27-25-34(17-22-38(27)42)31-15-20-36(21-16-31)44-40(46)37(26-28-5-7-33(8-6-28)39(45)43-23-24-50(47,48)49)32-11-9-29(10-12-32)30-13-18-35(19-14-30)41(2,3)4/h5-22,25,37H,23-24,26H2,1-4H3,(H,43,45)(H,44,46)(H,47,48,49)/t37-/m1/s1. The second-order valence-corrected chi connectivity index (χ2v) is 15.5. The molecule has 0 saturated carbocycles. The van der Waals surface area contributed by atoms with Crippen LogP contribution in [0.2, 0.25) is 5.02 Å². The van der Waals surface area contributed by atoms with Gasteiger partial charge in [-0.05, 0) is 99.7 Å².